The van der Waals surface area contributed by atoms with E-state index in [4.69, 9.17) is 16.3 Å². The average molecular weight is 345 g/mol. The molecule has 0 spiro atoms. The van der Waals surface area contributed by atoms with E-state index in [1.165, 1.54) is 4.90 Å². The number of nitrogens with zero attached hydrogens (tertiary/aromatic N) is 1. The zero-order valence-electron chi connectivity index (χ0n) is 12.9. The first kappa shape index (κ1) is 16.3. The molecule has 1 unspecified atom stereocenters. The number of hydrogen-bond donors (Lipinski definition) is 1. The SMILES string of the molecule is O=C(Nc1ccc(Cl)cc1)C1CCCN1C(=O)Oc1ccccc1. The predicted octanol–water partition coefficient (Wildman–Crippen LogP) is 3.94. The first-order valence-corrected chi connectivity index (χ1v) is 8.11. The van der Waals surface area contributed by atoms with E-state index in [-0.39, 0.29) is 5.91 Å². The van der Waals surface area contributed by atoms with Gasteiger partial charge in [0.05, 0.1) is 0 Å². The Labute approximate surface area is 145 Å². The van der Waals surface area contributed by atoms with Crippen LogP contribution in [0.5, 0.6) is 5.75 Å². The van der Waals surface area contributed by atoms with Crippen LogP contribution in [-0.2, 0) is 4.79 Å². The predicted molar refractivity (Wildman–Crippen MR) is 92.3 cm³/mol. The largest absolute Gasteiger partial charge is 0.415 e. The molecule has 2 aromatic carbocycles. The second-order valence-electron chi connectivity index (χ2n) is 5.53. The van der Waals surface area contributed by atoms with Gasteiger partial charge in [-0.1, -0.05) is 29.8 Å². The number of nitrogens with one attached hydrogen (secondary N) is 1. The highest BCUT2D eigenvalue weighted by atomic mass is 35.5. The third-order valence-corrected chi connectivity index (χ3v) is 4.10. The second-order valence-corrected chi connectivity index (χ2v) is 5.97. The van der Waals surface area contributed by atoms with Crippen molar-refractivity contribution in [3.05, 3.63) is 59.6 Å². The fraction of sp³-hybridized carbons (Fsp3) is 0.222. The van der Waals surface area contributed by atoms with Gasteiger partial charge in [-0.25, -0.2) is 4.79 Å². The summed E-state index contributed by atoms with van der Waals surface area (Å²) in [5, 5.41) is 3.41. The third-order valence-electron chi connectivity index (χ3n) is 3.85. The first-order chi connectivity index (χ1) is 11.6. The normalized spacial score (nSPS) is 16.7. The Balaban J connectivity index is 1.65. The zero-order chi connectivity index (χ0) is 16.9. The number of anilines is 1. The molecule has 1 aliphatic rings. The number of carbonyl (C=O) groups is 2. The number of likely N-dealkylation sites (tertiary alicyclic amines) is 1. The van der Waals surface area contributed by atoms with Crippen LogP contribution in [-0.4, -0.2) is 29.5 Å². The van der Waals surface area contributed by atoms with E-state index >= 15 is 0 Å². The number of amides is 2. The maximum atomic E-state index is 12.5. The Morgan fingerprint density at radius 2 is 1.79 bits per heavy atom. The Morgan fingerprint density at radius 1 is 1.08 bits per heavy atom. The number of rotatable bonds is 3. The topological polar surface area (TPSA) is 58.6 Å². The number of hydrogen-bond acceptors (Lipinski definition) is 3. The molecule has 0 radical (unpaired) electrons. The van der Waals surface area contributed by atoms with Crippen molar-refractivity contribution < 1.29 is 14.3 Å². The van der Waals surface area contributed by atoms with E-state index in [9.17, 15) is 9.59 Å². The highest BCUT2D eigenvalue weighted by molar-refractivity contribution is 6.30. The van der Waals surface area contributed by atoms with E-state index in [2.05, 4.69) is 5.32 Å². The molecule has 1 aliphatic heterocycles. The van der Waals surface area contributed by atoms with Crippen LogP contribution in [0.25, 0.3) is 0 Å². The van der Waals surface area contributed by atoms with Crippen molar-refractivity contribution in [2.24, 2.45) is 0 Å². The van der Waals surface area contributed by atoms with Crippen molar-refractivity contribution in [3.63, 3.8) is 0 Å². The summed E-state index contributed by atoms with van der Waals surface area (Å²) in [7, 11) is 0. The van der Waals surface area contributed by atoms with Crippen molar-refractivity contribution in [2.75, 3.05) is 11.9 Å². The van der Waals surface area contributed by atoms with Gasteiger partial charge in [0, 0.05) is 17.3 Å². The van der Waals surface area contributed by atoms with Crippen LogP contribution >= 0.6 is 11.6 Å². The molecular formula is C18H17ClN2O3. The molecule has 5 nitrogen and oxygen atoms in total. The van der Waals surface area contributed by atoms with Gasteiger partial charge in [0.25, 0.3) is 0 Å². The Kier molecular flexibility index (Phi) is 5.01. The lowest BCUT2D eigenvalue weighted by Gasteiger charge is -2.23. The molecule has 1 N–H and O–H groups in total. The molecule has 0 aliphatic carbocycles. The molecule has 0 aromatic heterocycles. The summed E-state index contributed by atoms with van der Waals surface area (Å²) in [5.41, 5.74) is 0.646. The van der Waals surface area contributed by atoms with Gasteiger partial charge in [0.15, 0.2) is 0 Å². The standard InChI is InChI=1S/C18H17ClN2O3/c19-13-8-10-14(11-9-13)20-17(22)16-7-4-12-21(16)18(23)24-15-5-2-1-3-6-15/h1-3,5-6,8-11,16H,4,7,12H2,(H,20,22). The average Bonchev–Trinajstić information content (AvgIpc) is 3.08. The van der Waals surface area contributed by atoms with E-state index < -0.39 is 12.1 Å². The van der Waals surface area contributed by atoms with Crippen LogP contribution < -0.4 is 10.1 Å². The zero-order valence-corrected chi connectivity index (χ0v) is 13.7. The summed E-state index contributed by atoms with van der Waals surface area (Å²) in [6.45, 7) is 0.504. The Bertz CT molecular complexity index is 719. The van der Waals surface area contributed by atoms with Gasteiger partial charge >= 0.3 is 6.09 Å². The molecule has 1 saturated heterocycles. The summed E-state index contributed by atoms with van der Waals surface area (Å²) in [6, 6.07) is 15.2. The van der Waals surface area contributed by atoms with E-state index in [1.807, 2.05) is 6.07 Å². The summed E-state index contributed by atoms with van der Waals surface area (Å²) in [6.07, 6.45) is 0.876. The van der Waals surface area contributed by atoms with Crippen LogP contribution in [0.2, 0.25) is 5.02 Å². The quantitative estimate of drug-likeness (QED) is 0.917. The Hall–Kier alpha value is -2.53. The molecule has 0 bridgehead atoms. The van der Waals surface area contributed by atoms with E-state index in [0.717, 1.165) is 6.42 Å². The van der Waals surface area contributed by atoms with Gasteiger partial charge in [-0.3, -0.25) is 9.69 Å². The van der Waals surface area contributed by atoms with Gasteiger partial charge in [0.2, 0.25) is 5.91 Å². The number of carbonyl (C=O) groups excluding carboxylic acids is 2. The summed E-state index contributed by atoms with van der Waals surface area (Å²) >= 11 is 5.83. The molecule has 6 heteroatoms. The van der Waals surface area contributed by atoms with Crippen molar-refractivity contribution in [1.82, 2.24) is 4.90 Å². The van der Waals surface area contributed by atoms with Crippen LogP contribution in [0.3, 0.4) is 0 Å². The summed E-state index contributed by atoms with van der Waals surface area (Å²) < 4.78 is 5.33. The fourth-order valence-corrected chi connectivity index (χ4v) is 2.79. The minimum Gasteiger partial charge on any atom is -0.410 e. The van der Waals surface area contributed by atoms with E-state index in [0.29, 0.717) is 29.4 Å². The van der Waals surface area contributed by atoms with Crippen LogP contribution in [0, 0.1) is 0 Å². The van der Waals surface area contributed by atoms with E-state index in [1.54, 1.807) is 48.5 Å². The highest BCUT2D eigenvalue weighted by Crippen LogP contribution is 2.22. The maximum absolute atomic E-state index is 12.5. The van der Waals surface area contributed by atoms with Gasteiger partial charge in [-0.2, -0.15) is 0 Å². The molecule has 1 heterocycles. The molecular weight excluding hydrogens is 328 g/mol. The van der Waals surface area contributed by atoms with Crippen molar-refractivity contribution in [2.45, 2.75) is 18.9 Å². The number of benzene rings is 2. The molecule has 3 rings (SSSR count). The smallest absolute Gasteiger partial charge is 0.410 e. The van der Waals surface area contributed by atoms with Crippen molar-refractivity contribution in [1.29, 1.82) is 0 Å². The molecule has 2 aromatic rings. The number of para-hydroxylation sites is 1. The lowest BCUT2D eigenvalue weighted by Crippen LogP contribution is -2.44. The van der Waals surface area contributed by atoms with Crippen LogP contribution in [0.4, 0.5) is 10.5 Å². The molecule has 24 heavy (non-hydrogen) atoms. The van der Waals surface area contributed by atoms with Gasteiger partial charge in [-0.05, 0) is 49.2 Å². The molecule has 2 amide bonds. The number of halogens is 1. The van der Waals surface area contributed by atoms with Gasteiger partial charge in [-0.15, -0.1) is 0 Å². The third kappa shape index (κ3) is 3.86. The van der Waals surface area contributed by atoms with Crippen molar-refractivity contribution in [3.8, 4) is 5.75 Å². The number of ether oxygens (including phenoxy) is 1. The lowest BCUT2D eigenvalue weighted by atomic mass is 10.2. The molecule has 1 atom stereocenters. The summed E-state index contributed by atoms with van der Waals surface area (Å²) in [4.78, 5) is 26.3. The first-order valence-electron chi connectivity index (χ1n) is 7.73. The molecule has 1 fully saturated rings. The minimum absolute atomic E-state index is 0.222. The molecule has 124 valence electrons. The monoisotopic (exact) mass is 344 g/mol. The highest BCUT2D eigenvalue weighted by Gasteiger charge is 2.35. The fourth-order valence-electron chi connectivity index (χ4n) is 2.66. The van der Waals surface area contributed by atoms with Gasteiger partial charge < -0.3 is 10.1 Å². The Morgan fingerprint density at radius 3 is 2.50 bits per heavy atom. The van der Waals surface area contributed by atoms with Crippen LogP contribution in [0.15, 0.2) is 54.6 Å². The maximum Gasteiger partial charge on any atom is 0.415 e. The van der Waals surface area contributed by atoms with Crippen LogP contribution in [0.1, 0.15) is 12.8 Å². The lowest BCUT2D eigenvalue weighted by molar-refractivity contribution is -0.119. The van der Waals surface area contributed by atoms with Gasteiger partial charge in [0.1, 0.15) is 11.8 Å². The summed E-state index contributed by atoms with van der Waals surface area (Å²) in [5.74, 6) is 0.242. The molecule has 0 saturated carbocycles. The minimum atomic E-state index is -0.531. The second kappa shape index (κ2) is 7.36. The van der Waals surface area contributed by atoms with Crippen molar-refractivity contribution >= 4 is 29.3 Å².